The molecular formula is C26H23ClFN3O2. The highest BCUT2D eigenvalue weighted by atomic mass is 35.5. The average Bonchev–Trinajstić information content (AvgIpc) is 3.20. The Morgan fingerprint density at radius 2 is 2.00 bits per heavy atom. The van der Waals surface area contributed by atoms with Gasteiger partial charge in [0, 0.05) is 34.7 Å². The molecule has 2 heterocycles. The number of aromatic nitrogens is 1. The third kappa shape index (κ3) is 4.14. The minimum atomic E-state index is -0.370. The fourth-order valence-corrected chi connectivity index (χ4v) is 4.70. The number of H-pyrrole nitrogens is 1. The van der Waals surface area contributed by atoms with E-state index in [-0.39, 0.29) is 17.9 Å². The first-order valence-electron chi connectivity index (χ1n) is 10.8. The van der Waals surface area contributed by atoms with Crippen LogP contribution in [0.5, 0.6) is 5.75 Å². The van der Waals surface area contributed by atoms with Gasteiger partial charge in [-0.2, -0.15) is 0 Å². The first-order valence-corrected chi connectivity index (χ1v) is 11.1. The molecule has 5 nitrogen and oxygen atoms in total. The topological polar surface area (TPSA) is 57.4 Å². The number of ether oxygens (including phenoxy) is 1. The van der Waals surface area contributed by atoms with Gasteiger partial charge in [-0.3, -0.25) is 0 Å². The maximum atomic E-state index is 13.7. The number of nitrogens with one attached hydrogen (secondary N) is 2. The van der Waals surface area contributed by atoms with Gasteiger partial charge in [-0.05, 0) is 65.6 Å². The molecule has 4 aromatic rings. The van der Waals surface area contributed by atoms with Gasteiger partial charge >= 0.3 is 6.03 Å². The van der Waals surface area contributed by atoms with E-state index in [1.807, 2.05) is 42.5 Å². The molecule has 0 saturated heterocycles. The monoisotopic (exact) mass is 463 g/mol. The molecule has 2 amide bonds. The Morgan fingerprint density at radius 3 is 2.79 bits per heavy atom. The zero-order chi connectivity index (χ0) is 22.9. The van der Waals surface area contributed by atoms with E-state index in [9.17, 15) is 9.18 Å². The van der Waals surface area contributed by atoms with Crippen LogP contribution in [0.2, 0.25) is 5.02 Å². The highest BCUT2D eigenvalue weighted by molar-refractivity contribution is 6.31. The van der Waals surface area contributed by atoms with Gasteiger partial charge in [0.2, 0.25) is 0 Å². The molecule has 168 valence electrons. The van der Waals surface area contributed by atoms with Crippen molar-refractivity contribution in [3.63, 3.8) is 0 Å². The lowest BCUT2D eigenvalue weighted by molar-refractivity contribution is 0.179. The van der Waals surface area contributed by atoms with Gasteiger partial charge in [0.1, 0.15) is 11.6 Å². The van der Waals surface area contributed by atoms with E-state index in [4.69, 9.17) is 16.3 Å². The predicted octanol–water partition coefficient (Wildman–Crippen LogP) is 5.83. The smallest absolute Gasteiger partial charge is 0.318 e. The number of amides is 2. The van der Waals surface area contributed by atoms with Gasteiger partial charge in [-0.15, -0.1) is 0 Å². The molecule has 0 aliphatic carbocycles. The summed E-state index contributed by atoms with van der Waals surface area (Å²) in [5.74, 6) is 0.428. The van der Waals surface area contributed by atoms with E-state index in [0.717, 1.165) is 39.0 Å². The molecule has 1 aliphatic rings. The summed E-state index contributed by atoms with van der Waals surface area (Å²) in [5.41, 5.74) is 4.82. The zero-order valence-electron chi connectivity index (χ0n) is 18.1. The highest BCUT2D eigenvalue weighted by Gasteiger charge is 2.34. The standard InChI is InChI=1S/C26H23ClFN3O2/c1-33-20-4-2-3-16(13-20)15-29-26(32)31-12-11-21-22-14-18(27)7-10-23(22)30-24(21)25(31)17-5-8-19(28)9-6-17/h2-10,13-14,25,30H,11-12,15H2,1H3,(H,29,32). The third-order valence-electron chi connectivity index (χ3n) is 6.11. The molecule has 33 heavy (non-hydrogen) atoms. The fourth-order valence-electron chi connectivity index (χ4n) is 4.53. The second-order valence-corrected chi connectivity index (χ2v) is 8.55. The van der Waals surface area contributed by atoms with Crippen LogP contribution in [-0.4, -0.2) is 29.6 Å². The van der Waals surface area contributed by atoms with Gasteiger partial charge in [0.15, 0.2) is 0 Å². The number of carbonyl (C=O) groups is 1. The van der Waals surface area contributed by atoms with E-state index in [0.29, 0.717) is 24.5 Å². The predicted molar refractivity (Wildman–Crippen MR) is 127 cm³/mol. The van der Waals surface area contributed by atoms with E-state index >= 15 is 0 Å². The Labute approximate surface area is 196 Å². The number of aromatic amines is 1. The van der Waals surface area contributed by atoms with Crippen LogP contribution in [0.3, 0.4) is 0 Å². The summed E-state index contributed by atoms with van der Waals surface area (Å²) >= 11 is 6.25. The normalized spacial score (nSPS) is 15.4. The second kappa shape index (κ2) is 8.79. The molecule has 0 fully saturated rings. The summed E-state index contributed by atoms with van der Waals surface area (Å²) in [4.78, 5) is 18.6. The first-order chi connectivity index (χ1) is 16.0. The Morgan fingerprint density at radius 1 is 1.18 bits per heavy atom. The number of benzene rings is 3. The maximum absolute atomic E-state index is 13.7. The number of rotatable bonds is 4. The molecule has 0 bridgehead atoms. The van der Waals surface area contributed by atoms with Crippen molar-refractivity contribution >= 4 is 28.5 Å². The first kappa shape index (κ1) is 21.3. The summed E-state index contributed by atoms with van der Waals surface area (Å²) in [6.07, 6.45) is 0.694. The number of methoxy groups -OCH3 is 1. The van der Waals surface area contributed by atoms with Crippen LogP contribution in [0.15, 0.2) is 66.7 Å². The molecule has 0 saturated carbocycles. The Hall–Kier alpha value is -3.51. The summed E-state index contributed by atoms with van der Waals surface area (Å²) in [7, 11) is 1.61. The molecule has 5 rings (SSSR count). The highest BCUT2D eigenvalue weighted by Crippen LogP contribution is 2.39. The molecule has 1 unspecified atom stereocenters. The van der Waals surface area contributed by atoms with Crippen molar-refractivity contribution < 1.29 is 13.9 Å². The quantitative estimate of drug-likeness (QED) is 0.400. The molecule has 1 aliphatic heterocycles. The number of nitrogens with zero attached hydrogens (tertiary/aromatic N) is 1. The molecule has 0 spiro atoms. The van der Waals surface area contributed by atoms with Crippen molar-refractivity contribution in [2.24, 2.45) is 0 Å². The van der Waals surface area contributed by atoms with Crippen LogP contribution in [0.25, 0.3) is 10.9 Å². The van der Waals surface area contributed by atoms with Crippen LogP contribution in [0.1, 0.15) is 28.4 Å². The van der Waals surface area contributed by atoms with Gasteiger partial charge in [0.25, 0.3) is 0 Å². The lowest BCUT2D eigenvalue weighted by Gasteiger charge is -2.36. The Balaban J connectivity index is 1.49. The largest absolute Gasteiger partial charge is 0.497 e. The molecule has 3 aromatic carbocycles. The average molecular weight is 464 g/mol. The van der Waals surface area contributed by atoms with Crippen molar-refractivity contribution in [2.75, 3.05) is 13.7 Å². The SMILES string of the molecule is COc1cccc(CNC(=O)N2CCc3c([nH]c4ccc(Cl)cc34)C2c2ccc(F)cc2)c1. The minimum Gasteiger partial charge on any atom is -0.497 e. The van der Waals surface area contributed by atoms with Crippen molar-refractivity contribution in [2.45, 2.75) is 19.0 Å². The lowest BCUT2D eigenvalue weighted by atomic mass is 9.92. The molecule has 7 heteroatoms. The number of halogens is 2. The minimum absolute atomic E-state index is 0.186. The Bertz CT molecular complexity index is 1320. The number of fused-ring (bicyclic) bond motifs is 3. The Kier molecular flexibility index (Phi) is 5.68. The van der Waals surface area contributed by atoms with E-state index in [1.165, 1.54) is 12.1 Å². The number of hydrogen-bond donors (Lipinski definition) is 2. The van der Waals surface area contributed by atoms with Gasteiger partial charge in [-0.1, -0.05) is 35.9 Å². The number of carbonyl (C=O) groups excluding carboxylic acids is 1. The van der Waals surface area contributed by atoms with Crippen molar-refractivity contribution in [1.29, 1.82) is 0 Å². The van der Waals surface area contributed by atoms with Crippen LogP contribution in [-0.2, 0) is 13.0 Å². The second-order valence-electron chi connectivity index (χ2n) is 8.11. The van der Waals surface area contributed by atoms with Crippen LogP contribution < -0.4 is 10.1 Å². The van der Waals surface area contributed by atoms with E-state index < -0.39 is 0 Å². The summed E-state index contributed by atoms with van der Waals surface area (Å²) in [5, 5.41) is 4.75. The lowest BCUT2D eigenvalue weighted by Crippen LogP contribution is -2.45. The fraction of sp³-hybridized carbons (Fsp3) is 0.192. The summed E-state index contributed by atoms with van der Waals surface area (Å²) in [6.45, 7) is 0.899. The third-order valence-corrected chi connectivity index (χ3v) is 6.35. The number of hydrogen-bond acceptors (Lipinski definition) is 2. The van der Waals surface area contributed by atoms with Crippen LogP contribution >= 0.6 is 11.6 Å². The molecule has 1 atom stereocenters. The van der Waals surface area contributed by atoms with Gasteiger partial charge < -0.3 is 19.9 Å². The van der Waals surface area contributed by atoms with Crippen molar-refractivity contribution in [3.8, 4) is 5.75 Å². The maximum Gasteiger partial charge on any atom is 0.318 e. The molecule has 2 N–H and O–H groups in total. The zero-order valence-corrected chi connectivity index (χ0v) is 18.8. The number of urea groups is 1. The van der Waals surface area contributed by atoms with Gasteiger partial charge in [-0.25, -0.2) is 9.18 Å². The van der Waals surface area contributed by atoms with E-state index in [2.05, 4.69) is 10.3 Å². The summed E-state index contributed by atoms with van der Waals surface area (Å²) < 4.78 is 18.9. The van der Waals surface area contributed by atoms with E-state index in [1.54, 1.807) is 24.1 Å². The van der Waals surface area contributed by atoms with Gasteiger partial charge in [0.05, 0.1) is 13.2 Å². The summed E-state index contributed by atoms with van der Waals surface area (Å²) in [6, 6.07) is 19.1. The van der Waals surface area contributed by atoms with Crippen molar-refractivity contribution in [3.05, 3.63) is 100.0 Å². The molecular weight excluding hydrogens is 441 g/mol. The molecule has 1 aromatic heterocycles. The van der Waals surface area contributed by atoms with Crippen molar-refractivity contribution in [1.82, 2.24) is 15.2 Å². The molecule has 0 radical (unpaired) electrons. The van der Waals surface area contributed by atoms with Crippen LogP contribution in [0.4, 0.5) is 9.18 Å². The van der Waals surface area contributed by atoms with Crippen LogP contribution in [0, 0.1) is 5.82 Å².